The first-order valence-electron chi connectivity index (χ1n) is 6.60. The number of pyridine rings is 1. The minimum absolute atomic E-state index is 0.651. The molecule has 1 aliphatic heterocycles. The zero-order valence-electron chi connectivity index (χ0n) is 10.4. The number of piperazine rings is 1. The van der Waals surface area contributed by atoms with Gasteiger partial charge in [0.2, 0.25) is 0 Å². The van der Waals surface area contributed by atoms with E-state index in [1.807, 2.05) is 12.3 Å². The second-order valence-electron chi connectivity index (χ2n) is 4.95. The Labute approximate surface area is 113 Å². The summed E-state index contributed by atoms with van der Waals surface area (Å²) in [5, 5.41) is 4.35. The van der Waals surface area contributed by atoms with Crippen molar-refractivity contribution >= 4 is 23.1 Å². The second kappa shape index (κ2) is 5.10. The summed E-state index contributed by atoms with van der Waals surface area (Å²) < 4.78 is 0. The molecule has 0 radical (unpaired) electrons. The molecule has 2 N–H and O–H groups in total. The Hall–Kier alpha value is -1.36. The van der Waals surface area contributed by atoms with Gasteiger partial charge in [0, 0.05) is 12.1 Å². The Morgan fingerprint density at radius 3 is 2.61 bits per heavy atom. The van der Waals surface area contributed by atoms with Crippen LogP contribution in [0.3, 0.4) is 0 Å². The molecule has 2 heterocycles. The standard InChI is InChI=1S/C13H18N4S/c18-13(15-11-4-5-11)17-9-7-16(8-10-17)12-3-1-2-6-14-12/h1-3,6,11H,4-5,7-10H2,(H,15,18)/p+1. The molecular weight excluding hydrogens is 244 g/mol. The van der Waals surface area contributed by atoms with Crippen LogP contribution in [0.25, 0.3) is 0 Å². The highest BCUT2D eigenvalue weighted by Crippen LogP contribution is 2.19. The lowest BCUT2D eigenvalue weighted by Gasteiger charge is -2.32. The van der Waals surface area contributed by atoms with Crippen molar-refractivity contribution in [1.29, 1.82) is 0 Å². The van der Waals surface area contributed by atoms with E-state index in [0.29, 0.717) is 6.04 Å². The van der Waals surface area contributed by atoms with Gasteiger partial charge in [0.15, 0.2) is 5.11 Å². The molecule has 1 aromatic heterocycles. The van der Waals surface area contributed by atoms with Crippen LogP contribution in [0.4, 0.5) is 5.82 Å². The van der Waals surface area contributed by atoms with E-state index < -0.39 is 0 Å². The molecule has 2 aliphatic rings. The van der Waals surface area contributed by atoms with Gasteiger partial charge in [0.25, 0.3) is 5.82 Å². The third kappa shape index (κ3) is 2.72. The maximum atomic E-state index is 5.43. The van der Waals surface area contributed by atoms with Gasteiger partial charge in [0.1, 0.15) is 13.1 Å². The largest absolute Gasteiger partial charge is 0.360 e. The summed E-state index contributed by atoms with van der Waals surface area (Å²) >= 11 is 5.43. The van der Waals surface area contributed by atoms with Gasteiger partial charge in [-0.2, -0.15) is 0 Å². The number of hydrogen-bond acceptors (Lipinski definition) is 2. The van der Waals surface area contributed by atoms with Crippen molar-refractivity contribution in [2.45, 2.75) is 18.9 Å². The highest BCUT2D eigenvalue weighted by molar-refractivity contribution is 7.80. The van der Waals surface area contributed by atoms with Crippen LogP contribution < -0.4 is 15.2 Å². The van der Waals surface area contributed by atoms with E-state index in [4.69, 9.17) is 12.2 Å². The van der Waals surface area contributed by atoms with E-state index in [1.165, 1.54) is 18.7 Å². The topological polar surface area (TPSA) is 32.6 Å². The molecule has 1 aliphatic carbocycles. The van der Waals surface area contributed by atoms with Crippen molar-refractivity contribution in [3.05, 3.63) is 24.4 Å². The molecule has 1 saturated heterocycles. The molecule has 1 saturated carbocycles. The SMILES string of the molecule is S=C(NC1CC1)N1CCN(c2cccc[nH+]2)CC1. The molecule has 96 valence electrons. The van der Waals surface area contributed by atoms with Gasteiger partial charge in [-0.1, -0.05) is 6.07 Å². The van der Waals surface area contributed by atoms with Crippen LogP contribution in [-0.4, -0.2) is 42.2 Å². The van der Waals surface area contributed by atoms with Crippen LogP contribution in [0.2, 0.25) is 0 Å². The lowest BCUT2D eigenvalue weighted by molar-refractivity contribution is -0.364. The third-order valence-corrected chi connectivity index (χ3v) is 3.88. The van der Waals surface area contributed by atoms with E-state index in [9.17, 15) is 0 Å². The van der Waals surface area contributed by atoms with E-state index in [2.05, 4.69) is 32.2 Å². The predicted molar refractivity (Wildman–Crippen MR) is 75.5 cm³/mol. The van der Waals surface area contributed by atoms with Crippen LogP contribution in [0.15, 0.2) is 24.4 Å². The fraction of sp³-hybridized carbons (Fsp3) is 0.538. The van der Waals surface area contributed by atoms with E-state index in [-0.39, 0.29) is 0 Å². The van der Waals surface area contributed by atoms with Gasteiger partial charge in [-0.15, -0.1) is 0 Å². The number of nitrogens with zero attached hydrogens (tertiary/aromatic N) is 2. The summed E-state index contributed by atoms with van der Waals surface area (Å²) in [6.45, 7) is 4.04. The summed E-state index contributed by atoms with van der Waals surface area (Å²) in [6, 6.07) is 6.85. The van der Waals surface area contributed by atoms with Gasteiger partial charge >= 0.3 is 0 Å². The molecule has 18 heavy (non-hydrogen) atoms. The van der Waals surface area contributed by atoms with Gasteiger partial charge in [-0.05, 0) is 31.1 Å². The van der Waals surface area contributed by atoms with Crippen molar-refractivity contribution in [2.75, 3.05) is 31.1 Å². The van der Waals surface area contributed by atoms with Gasteiger partial charge < -0.3 is 10.2 Å². The average Bonchev–Trinajstić information content (AvgIpc) is 3.24. The molecule has 0 aromatic carbocycles. The van der Waals surface area contributed by atoms with Crippen molar-refractivity contribution < 1.29 is 4.98 Å². The zero-order valence-corrected chi connectivity index (χ0v) is 11.2. The minimum atomic E-state index is 0.651. The van der Waals surface area contributed by atoms with E-state index in [0.717, 1.165) is 31.3 Å². The van der Waals surface area contributed by atoms with Crippen LogP contribution in [0.5, 0.6) is 0 Å². The van der Waals surface area contributed by atoms with Gasteiger partial charge in [-0.25, -0.2) is 4.98 Å². The molecule has 5 heteroatoms. The second-order valence-corrected chi connectivity index (χ2v) is 5.33. The summed E-state index contributed by atoms with van der Waals surface area (Å²) in [5.41, 5.74) is 0. The van der Waals surface area contributed by atoms with Crippen LogP contribution in [-0.2, 0) is 0 Å². The Morgan fingerprint density at radius 2 is 2.00 bits per heavy atom. The molecule has 4 nitrogen and oxygen atoms in total. The van der Waals surface area contributed by atoms with Crippen molar-refractivity contribution in [1.82, 2.24) is 10.2 Å². The Kier molecular flexibility index (Phi) is 3.32. The Bertz CT molecular complexity index is 410. The van der Waals surface area contributed by atoms with E-state index in [1.54, 1.807) is 0 Å². The molecule has 0 atom stereocenters. The van der Waals surface area contributed by atoms with Crippen LogP contribution in [0, 0.1) is 0 Å². The zero-order chi connectivity index (χ0) is 12.4. The lowest BCUT2D eigenvalue weighted by Crippen LogP contribution is -2.53. The first-order chi connectivity index (χ1) is 8.83. The lowest BCUT2D eigenvalue weighted by atomic mass is 10.3. The third-order valence-electron chi connectivity index (χ3n) is 3.51. The molecule has 0 unspecified atom stereocenters. The monoisotopic (exact) mass is 263 g/mol. The summed E-state index contributed by atoms with van der Waals surface area (Å²) in [7, 11) is 0. The number of rotatable bonds is 2. The number of hydrogen-bond donors (Lipinski definition) is 1. The number of aromatic nitrogens is 1. The number of thiocarbonyl (C=S) groups is 1. The molecule has 0 bridgehead atoms. The highest BCUT2D eigenvalue weighted by Gasteiger charge is 2.27. The molecule has 3 rings (SSSR count). The normalized spacial score (nSPS) is 19.8. The van der Waals surface area contributed by atoms with Crippen molar-refractivity contribution in [3.8, 4) is 0 Å². The van der Waals surface area contributed by atoms with Crippen molar-refractivity contribution in [3.63, 3.8) is 0 Å². The van der Waals surface area contributed by atoms with Gasteiger partial charge in [-0.3, -0.25) is 4.90 Å². The maximum absolute atomic E-state index is 5.43. The molecule has 1 aromatic rings. The minimum Gasteiger partial charge on any atom is -0.360 e. The number of aromatic amines is 1. The summed E-state index contributed by atoms with van der Waals surface area (Å²) in [4.78, 5) is 7.94. The number of anilines is 1. The van der Waals surface area contributed by atoms with Crippen molar-refractivity contribution in [2.24, 2.45) is 0 Å². The average molecular weight is 263 g/mol. The van der Waals surface area contributed by atoms with E-state index >= 15 is 0 Å². The fourth-order valence-electron chi connectivity index (χ4n) is 2.22. The molecule has 2 fully saturated rings. The smallest absolute Gasteiger partial charge is 0.274 e. The molecule has 0 amide bonds. The van der Waals surface area contributed by atoms with Crippen LogP contribution in [0.1, 0.15) is 12.8 Å². The quantitative estimate of drug-likeness (QED) is 0.795. The Morgan fingerprint density at radius 1 is 1.22 bits per heavy atom. The molecule has 0 spiro atoms. The van der Waals surface area contributed by atoms with Crippen LogP contribution >= 0.6 is 12.2 Å². The fourth-order valence-corrected chi connectivity index (χ4v) is 2.57. The first kappa shape index (κ1) is 11.7. The highest BCUT2D eigenvalue weighted by atomic mass is 32.1. The van der Waals surface area contributed by atoms with Gasteiger partial charge in [0.05, 0.1) is 19.3 Å². The predicted octanol–water partition coefficient (Wildman–Crippen LogP) is 0.660. The number of nitrogens with one attached hydrogen (secondary N) is 2. The summed E-state index contributed by atoms with van der Waals surface area (Å²) in [6.07, 6.45) is 4.53. The summed E-state index contributed by atoms with van der Waals surface area (Å²) in [5.74, 6) is 1.19. The first-order valence-corrected chi connectivity index (χ1v) is 7.01. The Balaban J connectivity index is 1.53. The molecular formula is C13H19N4S+. The maximum Gasteiger partial charge on any atom is 0.274 e. The number of H-pyrrole nitrogens is 1.